The van der Waals surface area contributed by atoms with Crippen LogP contribution in [-0.2, 0) is 6.54 Å². The predicted molar refractivity (Wildman–Crippen MR) is 74.3 cm³/mol. The molecule has 0 radical (unpaired) electrons. The van der Waals surface area contributed by atoms with E-state index in [1.54, 1.807) is 0 Å². The third-order valence-electron chi connectivity index (χ3n) is 3.86. The zero-order chi connectivity index (χ0) is 12.3. The third kappa shape index (κ3) is 3.52. The second kappa shape index (κ2) is 5.96. The minimum absolute atomic E-state index is 0.702. The normalized spacial score (nSPS) is 25.4. The van der Waals surface area contributed by atoms with Crippen LogP contribution in [0.4, 0.5) is 0 Å². The summed E-state index contributed by atoms with van der Waals surface area (Å²) in [6, 6.07) is 0.702. The molecule has 2 atom stereocenters. The Hall–Kier alpha value is -0.410. The van der Waals surface area contributed by atoms with E-state index in [-0.39, 0.29) is 0 Å². The van der Waals surface area contributed by atoms with Crippen LogP contribution in [0.2, 0.25) is 0 Å². The van der Waals surface area contributed by atoms with E-state index in [9.17, 15) is 0 Å². The van der Waals surface area contributed by atoms with Gasteiger partial charge in [0, 0.05) is 23.7 Å². The maximum atomic E-state index is 4.43. The van der Waals surface area contributed by atoms with Crippen LogP contribution in [0.15, 0.2) is 6.20 Å². The summed E-state index contributed by atoms with van der Waals surface area (Å²) in [7, 11) is 0. The fourth-order valence-corrected chi connectivity index (χ4v) is 3.65. The van der Waals surface area contributed by atoms with Crippen LogP contribution >= 0.6 is 11.3 Å². The van der Waals surface area contributed by atoms with Crippen molar-refractivity contribution < 1.29 is 0 Å². The number of hydrogen-bond acceptors (Lipinski definition) is 3. The van der Waals surface area contributed by atoms with E-state index in [4.69, 9.17) is 0 Å². The highest BCUT2D eigenvalue weighted by Gasteiger charge is 2.26. The zero-order valence-corrected chi connectivity index (χ0v) is 12.0. The average molecular weight is 252 g/mol. The molecule has 0 spiro atoms. The molecule has 0 bridgehead atoms. The molecular formula is C14H24N2S. The molecule has 0 aliphatic heterocycles. The molecule has 1 heterocycles. The van der Waals surface area contributed by atoms with Gasteiger partial charge >= 0.3 is 0 Å². The summed E-state index contributed by atoms with van der Waals surface area (Å²) in [5.74, 6) is 1.65. The van der Waals surface area contributed by atoms with Gasteiger partial charge in [-0.1, -0.05) is 26.7 Å². The molecule has 2 unspecified atom stereocenters. The first kappa shape index (κ1) is 13.0. The predicted octanol–water partition coefficient (Wildman–Crippen LogP) is 3.76. The molecule has 2 rings (SSSR count). The Morgan fingerprint density at radius 1 is 1.41 bits per heavy atom. The van der Waals surface area contributed by atoms with Gasteiger partial charge in [0.1, 0.15) is 5.01 Å². The zero-order valence-electron chi connectivity index (χ0n) is 11.2. The number of hydrogen-bond donors (Lipinski definition) is 1. The molecule has 1 aliphatic carbocycles. The first-order chi connectivity index (χ1) is 8.16. The molecule has 1 aliphatic rings. The van der Waals surface area contributed by atoms with Crippen molar-refractivity contribution in [2.45, 2.75) is 59.0 Å². The molecule has 3 heteroatoms. The minimum atomic E-state index is 0.702. The quantitative estimate of drug-likeness (QED) is 0.882. The lowest BCUT2D eigenvalue weighted by atomic mass is 9.78. The smallest absolute Gasteiger partial charge is 0.107 e. The first-order valence-corrected chi connectivity index (χ1v) is 7.63. The van der Waals surface area contributed by atoms with E-state index in [0.29, 0.717) is 6.04 Å². The van der Waals surface area contributed by atoms with Crippen molar-refractivity contribution in [3.8, 4) is 0 Å². The Morgan fingerprint density at radius 3 is 2.82 bits per heavy atom. The largest absolute Gasteiger partial charge is 0.307 e. The fraction of sp³-hybridized carbons (Fsp3) is 0.786. The molecule has 0 amide bonds. The fourth-order valence-electron chi connectivity index (χ4n) is 2.91. The summed E-state index contributed by atoms with van der Waals surface area (Å²) in [5, 5.41) is 4.96. The van der Waals surface area contributed by atoms with Crippen molar-refractivity contribution in [2.75, 3.05) is 0 Å². The Kier molecular flexibility index (Phi) is 4.57. The maximum absolute atomic E-state index is 4.43. The molecule has 1 aromatic rings. The van der Waals surface area contributed by atoms with Crippen molar-refractivity contribution >= 4 is 11.3 Å². The Balaban J connectivity index is 1.88. The SMILES string of the molecule is Cc1cnc(CNC2CCCCC2C(C)C)s1. The van der Waals surface area contributed by atoms with Crippen molar-refractivity contribution in [1.29, 1.82) is 0 Å². The number of aromatic nitrogens is 1. The molecule has 0 saturated heterocycles. The molecule has 17 heavy (non-hydrogen) atoms. The van der Waals surface area contributed by atoms with Crippen molar-refractivity contribution in [3.05, 3.63) is 16.1 Å². The number of rotatable bonds is 4. The van der Waals surface area contributed by atoms with Gasteiger partial charge in [0.15, 0.2) is 0 Å². The number of nitrogens with zero attached hydrogens (tertiary/aromatic N) is 1. The van der Waals surface area contributed by atoms with Crippen LogP contribution in [0.25, 0.3) is 0 Å². The van der Waals surface area contributed by atoms with E-state index in [2.05, 4.69) is 31.1 Å². The van der Waals surface area contributed by atoms with Crippen LogP contribution in [0.1, 0.15) is 49.4 Å². The maximum Gasteiger partial charge on any atom is 0.107 e. The molecule has 2 nitrogen and oxygen atoms in total. The van der Waals surface area contributed by atoms with E-state index in [1.165, 1.54) is 35.6 Å². The molecule has 1 N–H and O–H groups in total. The third-order valence-corrected chi connectivity index (χ3v) is 4.77. The van der Waals surface area contributed by atoms with Crippen LogP contribution in [0.3, 0.4) is 0 Å². The van der Waals surface area contributed by atoms with Gasteiger partial charge in [-0.15, -0.1) is 11.3 Å². The van der Waals surface area contributed by atoms with Crippen molar-refractivity contribution in [2.24, 2.45) is 11.8 Å². The Morgan fingerprint density at radius 2 is 2.18 bits per heavy atom. The lowest BCUT2D eigenvalue weighted by molar-refractivity contribution is 0.204. The van der Waals surface area contributed by atoms with E-state index in [0.717, 1.165) is 18.4 Å². The van der Waals surface area contributed by atoms with E-state index < -0.39 is 0 Å². The summed E-state index contributed by atoms with van der Waals surface area (Å²) < 4.78 is 0. The van der Waals surface area contributed by atoms with Crippen LogP contribution in [0.5, 0.6) is 0 Å². The van der Waals surface area contributed by atoms with Crippen molar-refractivity contribution in [1.82, 2.24) is 10.3 Å². The minimum Gasteiger partial charge on any atom is -0.307 e. The second-order valence-corrected chi connectivity index (χ2v) is 6.86. The Bertz CT molecular complexity index is 346. The van der Waals surface area contributed by atoms with Gasteiger partial charge < -0.3 is 5.32 Å². The van der Waals surface area contributed by atoms with Gasteiger partial charge in [-0.3, -0.25) is 0 Å². The van der Waals surface area contributed by atoms with Gasteiger partial charge in [0.05, 0.1) is 0 Å². The lowest BCUT2D eigenvalue weighted by Crippen LogP contribution is -2.40. The molecule has 96 valence electrons. The van der Waals surface area contributed by atoms with Crippen LogP contribution in [0, 0.1) is 18.8 Å². The summed E-state index contributed by atoms with van der Waals surface area (Å²) in [6.45, 7) is 7.79. The lowest BCUT2D eigenvalue weighted by Gasteiger charge is -2.34. The highest BCUT2D eigenvalue weighted by atomic mass is 32.1. The van der Waals surface area contributed by atoms with Gasteiger partial charge in [-0.05, 0) is 31.6 Å². The molecule has 1 saturated carbocycles. The van der Waals surface area contributed by atoms with Crippen LogP contribution in [-0.4, -0.2) is 11.0 Å². The van der Waals surface area contributed by atoms with Gasteiger partial charge in [0.25, 0.3) is 0 Å². The monoisotopic (exact) mass is 252 g/mol. The summed E-state index contributed by atoms with van der Waals surface area (Å²) >= 11 is 1.81. The van der Waals surface area contributed by atoms with E-state index >= 15 is 0 Å². The number of nitrogens with one attached hydrogen (secondary N) is 1. The Labute approximate surface area is 109 Å². The summed E-state index contributed by atoms with van der Waals surface area (Å²) in [4.78, 5) is 5.74. The molecule has 0 aromatic carbocycles. The number of thiazole rings is 1. The van der Waals surface area contributed by atoms with Gasteiger partial charge in [-0.2, -0.15) is 0 Å². The molecule has 1 aromatic heterocycles. The summed E-state index contributed by atoms with van der Waals surface area (Å²) in [5.41, 5.74) is 0. The highest BCUT2D eigenvalue weighted by molar-refractivity contribution is 7.11. The molecular weight excluding hydrogens is 228 g/mol. The number of aryl methyl sites for hydroxylation is 1. The van der Waals surface area contributed by atoms with E-state index in [1.807, 2.05) is 17.5 Å². The van der Waals surface area contributed by atoms with Gasteiger partial charge in [-0.25, -0.2) is 4.98 Å². The summed E-state index contributed by atoms with van der Waals surface area (Å²) in [6.07, 6.45) is 7.51. The van der Waals surface area contributed by atoms with Gasteiger partial charge in [0.2, 0.25) is 0 Å². The molecule has 1 fully saturated rings. The highest BCUT2D eigenvalue weighted by Crippen LogP contribution is 2.30. The average Bonchev–Trinajstić information content (AvgIpc) is 2.73. The van der Waals surface area contributed by atoms with Crippen molar-refractivity contribution in [3.63, 3.8) is 0 Å². The topological polar surface area (TPSA) is 24.9 Å². The standard InChI is InChI=1S/C14H24N2S/c1-10(2)12-6-4-5-7-13(12)15-9-14-16-8-11(3)17-14/h8,10,12-13,15H,4-7,9H2,1-3H3. The first-order valence-electron chi connectivity index (χ1n) is 6.81. The second-order valence-electron chi connectivity index (χ2n) is 5.54. The van der Waals surface area contributed by atoms with Crippen LogP contribution < -0.4 is 5.32 Å².